The molecule has 0 saturated carbocycles. The largest absolute Gasteiger partial charge is 0.497 e. The van der Waals surface area contributed by atoms with Crippen LogP contribution in [0.1, 0.15) is 67.0 Å². The molecule has 0 bridgehead atoms. The standard InChI is InChI=1S/C28H39N3O4S/c1-6-8-10-21(7-2)29-28(32)24-17-26(31(20(24)3)15-9-16-33-4)25-19-36-27(30-25)18-35-23-13-11-22(34-5)12-14-23/h11-14,17,19,21H,6-10,15-16,18H2,1-5H3,(H,29,32). The number of hydrogen-bond donors (Lipinski definition) is 1. The highest BCUT2D eigenvalue weighted by molar-refractivity contribution is 7.09. The molecule has 7 nitrogen and oxygen atoms in total. The Balaban J connectivity index is 1.79. The first-order valence-electron chi connectivity index (χ1n) is 12.7. The molecular weight excluding hydrogens is 474 g/mol. The van der Waals surface area contributed by atoms with Gasteiger partial charge in [-0.25, -0.2) is 4.98 Å². The van der Waals surface area contributed by atoms with Crippen molar-refractivity contribution in [3.8, 4) is 22.9 Å². The van der Waals surface area contributed by atoms with E-state index in [-0.39, 0.29) is 11.9 Å². The lowest BCUT2D eigenvalue weighted by Crippen LogP contribution is -2.34. The third kappa shape index (κ3) is 7.34. The molecule has 0 radical (unpaired) electrons. The number of nitrogens with zero attached hydrogens (tertiary/aromatic N) is 2. The highest BCUT2D eigenvalue weighted by atomic mass is 32.1. The van der Waals surface area contributed by atoms with Crippen LogP contribution in [0, 0.1) is 6.92 Å². The molecule has 0 aliphatic rings. The minimum Gasteiger partial charge on any atom is -0.497 e. The zero-order valence-electron chi connectivity index (χ0n) is 22.1. The first-order valence-corrected chi connectivity index (χ1v) is 13.6. The summed E-state index contributed by atoms with van der Waals surface area (Å²) in [4.78, 5) is 18.1. The maximum atomic E-state index is 13.2. The molecule has 1 amide bonds. The second-order valence-corrected chi connectivity index (χ2v) is 9.78. The van der Waals surface area contributed by atoms with Gasteiger partial charge in [-0.15, -0.1) is 11.3 Å². The number of benzene rings is 1. The summed E-state index contributed by atoms with van der Waals surface area (Å²) >= 11 is 1.56. The van der Waals surface area contributed by atoms with E-state index < -0.39 is 0 Å². The van der Waals surface area contributed by atoms with E-state index in [2.05, 4.69) is 23.7 Å². The van der Waals surface area contributed by atoms with Crippen LogP contribution in [-0.2, 0) is 17.9 Å². The summed E-state index contributed by atoms with van der Waals surface area (Å²) in [5.41, 5.74) is 3.46. The lowest BCUT2D eigenvalue weighted by molar-refractivity contribution is 0.0932. The summed E-state index contributed by atoms with van der Waals surface area (Å²) in [7, 11) is 3.35. The van der Waals surface area contributed by atoms with Crippen molar-refractivity contribution in [3.63, 3.8) is 0 Å². The molecule has 36 heavy (non-hydrogen) atoms. The van der Waals surface area contributed by atoms with Crippen molar-refractivity contribution in [2.75, 3.05) is 20.8 Å². The molecule has 1 N–H and O–H groups in total. The minimum absolute atomic E-state index is 0.0134. The van der Waals surface area contributed by atoms with Gasteiger partial charge in [0.1, 0.15) is 23.1 Å². The monoisotopic (exact) mass is 513 g/mol. The van der Waals surface area contributed by atoms with Crippen LogP contribution in [0.25, 0.3) is 11.4 Å². The first-order chi connectivity index (χ1) is 17.5. The van der Waals surface area contributed by atoms with Gasteiger partial charge in [-0.1, -0.05) is 26.7 Å². The maximum Gasteiger partial charge on any atom is 0.253 e. The summed E-state index contributed by atoms with van der Waals surface area (Å²) in [6, 6.07) is 9.68. The van der Waals surface area contributed by atoms with Crippen LogP contribution in [0.15, 0.2) is 35.7 Å². The highest BCUT2D eigenvalue weighted by Crippen LogP contribution is 2.29. The predicted octanol–water partition coefficient (Wildman–Crippen LogP) is 6.24. The molecular formula is C28H39N3O4S. The van der Waals surface area contributed by atoms with Gasteiger partial charge in [0, 0.05) is 37.4 Å². The molecule has 0 fully saturated rings. The van der Waals surface area contributed by atoms with Crippen LogP contribution in [0.4, 0.5) is 0 Å². The van der Waals surface area contributed by atoms with Gasteiger partial charge < -0.3 is 24.1 Å². The number of unbranched alkanes of at least 4 members (excludes halogenated alkanes) is 1. The minimum atomic E-state index is -0.0134. The molecule has 1 aromatic carbocycles. The molecule has 196 valence electrons. The molecule has 0 aliphatic carbocycles. The van der Waals surface area contributed by atoms with E-state index in [4.69, 9.17) is 19.2 Å². The van der Waals surface area contributed by atoms with E-state index in [1.54, 1.807) is 25.6 Å². The van der Waals surface area contributed by atoms with Crippen molar-refractivity contribution in [1.29, 1.82) is 0 Å². The Labute approximate surface area is 218 Å². The van der Waals surface area contributed by atoms with Gasteiger partial charge >= 0.3 is 0 Å². The molecule has 0 saturated heterocycles. The lowest BCUT2D eigenvalue weighted by atomic mass is 10.1. The lowest BCUT2D eigenvalue weighted by Gasteiger charge is -2.16. The Morgan fingerprint density at radius 2 is 1.89 bits per heavy atom. The van der Waals surface area contributed by atoms with Crippen LogP contribution in [0.5, 0.6) is 11.5 Å². The van der Waals surface area contributed by atoms with Crippen molar-refractivity contribution < 1.29 is 19.0 Å². The smallest absolute Gasteiger partial charge is 0.253 e. The molecule has 0 aliphatic heterocycles. The van der Waals surface area contributed by atoms with Crippen LogP contribution in [0.2, 0.25) is 0 Å². The number of thiazole rings is 1. The van der Waals surface area contributed by atoms with E-state index in [1.807, 2.05) is 42.6 Å². The van der Waals surface area contributed by atoms with Crippen molar-refractivity contribution in [2.45, 2.75) is 72.1 Å². The summed E-state index contributed by atoms with van der Waals surface area (Å²) < 4.78 is 18.6. The van der Waals surface area contributed by atoms with E-state index in [0.717, 1.165) is 72.2 Å². The summed E-state index contributed by atoms with van der Waals surface area (Å²) in [5, 5.41) is 6.15. The topological polar surface area (TPSA) is 74.6 Å². The quantitative estimate of drug-likeness (QED) is 0.243. The normalized spacial score (nSPS) is 11.9. The van der Waals surface area contributed by atoms with Gasteiger partial charge in [0.2, 0.25) is 0 Å². The maximum absolute atomic E-state index is 13.2. The van der Waals surface area contributed by atoms with E-state index >= 15 is 0 Å². The average Bonchev–Trinajstić information content (AvgIpc) is 3.50. The average molecular weight is 514 g/mol. The van der Waals surface area contributed by atoms with Crippen molar-refractivity contribution in [2.24, 2.45) is 0 Å². The van der Waals surface area contributed by atoms with Crippen molar-refractivity contribution >= 4 is 17.2 Å². The summed E-state index contributed by atoms with van der Waals surface area (Å²) in [5.74, 6) is 1.54. The molecule has 3 aromatic rings. The molecule has 1 atom stereocenters. The molecule has 2 aromatic heterocycles. The molecule has 3 rings (SSSR count). The fourth-order valence-corrected chi connectivity index (χ4v) is 4.85. The zero-order valence-corrected chi connectivity index (χ0v) is 23.0. The van der Waals surface area contributed by atoms with Crippen LogP contribution < -0.4 is 14.8 Å². The van der Waals surface area contributed by atoms with Crippen LogP contribution >= 0.6 is 11.3 Å². The van der Waals surface area contributed by atoms with Gasteiger partial charge in [-0.2, -0.15) is 0 Å². The summed E-state index contributed by atoms with van der Waals surface area (Å²) in [6.07, 6.45) is 5.02. The molecule has 8 heteroatoms. The Morgan fingerprint density at radius 3 is 2.56 bits per heavy atom. The third-order valence-electron chi connectivity index (χ3n) is 6.31. The third-order valence-corrected chi connectivity index (χ3v) is 7.13. The van der Waals surface area contributed by atoms with Gasteiger partial charge in [0.05, 0.1) is 24.1 Å². The molecule has 0 spiro atoms. The van der Waals surface area contributed by atoms with E-state index in [1.165, 1.54) is 0 Å². The number of nitrogens with one attached hydrogen (secondary N) is 1. The predicted molar refractivity (Wildman–Crippen MR) is 145 cm³/mol. The first kappa shape index (κ1) is 27.7. The Bertz CT molecular complexity index is 1090. The van der Waals surface area contributed by atoms with Crippen molar-refractivity contribution in [1.82, 2.24) is 14.9 Å². The Morgan fingerprint density at radius 1 is 1.14 bits per heavy atom. The number of carbonyl (C=O) groups excluding carboxylic acids is 1. The van der Waals surface area contributed by atoms with E-state index in [9.17, 15) is 4.79 Å². The number of aromatic nitrogens is 2. The fraction of sp³-hybridized carbons (Fsp3) is 0.500. The Hall–Kier alpha value is -2.84. The molecule has 2 heterocycles. The number of methoxy groups -OCH3 is 2. The van der Waals surface area contributed by atoms with Gasteiger partial charge in [0.25, 0.3) is 5.91 Å². The number of rotatable bonds is 15. The van der Waals surface area contributed by atoms with Gasteiger partial charge in [-0.3, -0.25) is 4.79 Å². The SMILES string of the molecule is CCCCC(CC)NC(=O)c1cc(-c2csc(COc3ccc(OC)cc3)n2)n(CCCOC)c1C. The van der Waals surface area contributed by atoms with Crippen molar-refractivity contribution in [3.05, 3.63) is 52.0 Å². The zero-order chi connectivity index (χ0) is 25.9. The second kappa shape index (κ2) is 14.0. The molecule has 1 unspecified atom stereocenters. The number of ether oxygens (including phenoxy) is 3. The number of carbonyl (C=O) groups is 1. The van der Waals surface area contributed by atoms with Gasteiger partial charge in [-0.05, 0) is 56.5 Å². The second-order valence-electron chi connectivity index (χ2n) is 8.84. The van der Waals surface area contributed by atoms with Crippen LogP contribution in [-0.4, -0.2) is 42.3 Å². The summed E-state index contributed by atoms with van der Waals surface area (Å²) in [6.45, 7) is 8.10. The highest BCUT2D eigenvalue weighted by Gasteiger charge is 2.21. The fourth-order valence-electron chi connectivity index (χ4n) is 4.15. The van der Waals surface area contributed by atoms with Gasteiger partial charge in [0.15, 0.2) is 0 Å². The number of amides is 1. The van der Waals surface area contributed by atoms with E-state index in [0.29, 0.717) is 18.8 Å². The number of hydrogen-bond acceptors (Lipinski definition) is 6. The van der Waals surface area contributed by atoms with Crippen LogP contribution in [0.3, 0.4) is 0 Å². The Kier molecular flexibility index (Phi) is 10.8.